The summed E-state index contributed by atoms with van der Waals surface area (Å²) in [6, 6.07) is 0. The first-order valence-electron chi connectivity index (χ1n) is 5.48. The number of hydrogen-bond acceptors (Lipinski definition) is 3. The molecule has 0 aliphatic heterocycles. The van der Waals surface area contributed by atoms with Gasteiger partial charge in [-0.25, -0.2) is 0 Å². The van der Waals surface area contributed by atoms with Crippen LogP contribution in [0.15, 0.2) is 0 Å². The Morgan fingerprint density at radius 2 is 1.73 bits per heavy atom. The van der Waals surface area contributed by atoms with Crippen molar-refractivity contribution >= 4 is 15.9 Å². The van der Waals surface area contributed by atoms with Gasteiger partial charge >= 0.3 is 0 Å². The van der Waals surface area contributed by atoms with Gasteiger partial charge in [-0.3, -0.25) is 0 Å². The molecule has 3 nitrogen and oxygen atoms in total. The fourth-order valence-corrected chi connectivity index (χ4v) is 1.39. The first-order chi connectivity index (χ1) is 7.20. The standard InChI is InChI=1S/C11H23BrO3/c1-10(13-3)8-14-9-11(2)15-7-5-4-6-12/h10-11H,4-9H2,1-3H3. The van der Waals surface area contributed by atoms with E-state index in [1.165, 1.54) is 0 Å². The minimum absolute atomic E-state index is 0.158. The molecule has 0 rings (SSSR count). The number of alkyl halides is 1. The van der Waals surface area contributed by atoms with Crippen LogP contribution in [-0.2, 0) is 14.2 Å². The van der Waals surface area contributed by atoms with Crippen molar-refractivity contribution in [2.24, 2.45) is 0 Å². The highest BCUT2D eigenvalue weighted by Crippen LogP contribution is 1.99. The van der Waals surface area contributed by atoms with Gasteiger partial charge in [0.15, 0.2) is 0 Å². The van der Waals surface area contributed by atoms with Crippen LogP contribution in [0.3, 0.4) is 0 Å². The molecule has 0 fully saturated rings. The van der Waals surface area contributed by atoms with Crippen molar-refractivity contribution in [3.05, 3.63) is 0 Å². The van der Waals surface area contributed by atoms with Gasteiger partial charge in [0.25, 0.3) is 0 Å². The topological polar surface area (TPSA) is 27.7 Å². The lowest BCUT2D eigenvalue weighted by molar-refractivity contribution is -0.0372. The zero-order valence-corrected chi connectivity index (χ0v) is 11.6. The highest BCUT2D eigenvalue weighted by Gasteiger charge is 2.04. The third-order valence-electron chi connectivity index (χ3n) is 2.04. The molecular weight excluding hydrogens is 260 g/mol. The Bertz CT molecular complexity index is 133. The monoisotopic (exact) mass is 282 g/mol. The third kappa shape index (κ3) is 10.6. The first-order valence-corrected chi connectivity index (χ1v) is 6.61. The van der Waals surface area contributed by atoms with Gasteiger partial charge in [-0.15, -0.1) is 0 Å². The van der Waals surface area contributed by atoms with Crippen LogP contribution in [0.1, 0.15) is 26.7 Å². The lowest BCUT2D eigenvalue weighted by Gasteiger charge is -2.15. The lowest BCUT2D eigenvalue weighted by atomic mass is 10.3. The molecule has 0 N–H and O–H groups in total. The molecule has 2 atom stereocenters. The largest absolute Gasteiger partial charge is 0.379 e. The number of unbranched alkanes of at least 4 members (excludes halogenated alkanes) is 1. The second-order valence-electron chi connectivity index (χ2n) is 3.66. The van der Waals surface area contributed by atoms with E-state index in [9.17, 15) is 0 Å². The zero-order valence-electron chi connectivity index (χ0n) is 10.0. The van der Waals surface area contributed by atoms with E-state index in [0.29, 0.717) is 13.2 Å². The fourth-order valence-electron chi connectivity index (χ4n) is 0.997. The average Bonchev–Trinajstić information content (AvgIpc) is 2.24. The smallest absolute Gasteiger partial charge is 0.0780 e. The maximum atomic E-state index is 5.57. The average molecular weight is 283 g/mol. The predicted octanol–water partition coefficient (Wildman–Crippen LogP) is 2.62. The number of hydrogen-bond donors (Lipinski definition) is 0. The molecule has 4 heteroatoms. The summed E-state index contributed by atoms with van der Waals surface area (Å²) in [5, 5.41) is 1.05. The summed E-state index contributed by atoms with van der Waals surface area (Å²) in [5.41, 5.74) is 0. The molecule has 0 bridgehead atoms. The lowest BCUT2D eigenvalue weighted by Crippen LogP contribution is -2.21. The molecule has 15 heavy (non-hydrogen) atoms. The van der Waals surface area contributed by atoms with Crippen molar-refractivity contribution < 1.29 is 14.2 Å². The summed E-state index contributed by atoms with van der Waals surface area (Å²) in [7, 11) is 1.69. The molecule has 0 heterocycles. The summed E-state index contributed by atoms with van der Waals surface area (Å²) in [6.45, 7) is 6.11. The van der Waals surface area contributed by atoms with Crippen molar-refractivity contribution in [2.45, 2.75) is 38.9 Å². The minimum Gasteiger partial charge on any atom is -0.379 e. The van der Waals surface area contributed by atoms with Crippen LogP contribution in [0.4, 0.5) is 0 Å². The zero-order chi connectivity index (χ0) is 11.5. The molecule has 0 spiro atoms. The van der Waals surface area contributed by atoms with E-state index >= 15 is 0 Å². The molecule has 0 aromatic rings. The first kappa shape index (κ1) is 15.4. The Hall–Kier alpha value is 0.360. The van der Waals surface area contributed by atoms with Crippen LogP contribution in [0.5, 0.6) is 0 Å². The van der Waals surface area contributed by atoms with E-state index in [1.807, 2.05) is 13.8 Å². The molecule has 0 saturated carbocycles. The van der Waals surface area contributed by atoms with Crippen LogP contribution >= 0.6 is 15.9 Å². The van der Waals surface area contributed by atoms with Gasteiger partial charge in [0.05, 0.1) is 25.4 Å². The number of methoxy groups -OCH3 is 1. The fraction of sp³-hybridized carbons (Fsp3) is 1.00. The molecule has 0 aliphatic carbocycles. The van der Waals surface area contributed by atoms with Crippen LogP contribution < -0.4 is 0 Å². The van der Waals surface area contributed by atoms with Gasteiger partial charge in [0, 0.05) is 19.0 Å². The molecule has 0 amide bonds. The van der Waals surface area contributed by atoms with E-state index in [4.69, 9.17) is 14.2 Å². The van der Waals surface area contributed by atoms with Crippen LogP contribution in [0.25, 0.3) is 0 Å². The van der Waals surface area contributed by atoms with E-state index in [0.717, 1.165) is 24.8 Å². The summed E-state index contributed by atoms with van der Waals surface area (Å²) in [6.07, 6.45) is 2.59. The Labute approximate surface area is 102 Å². The number of rotatable bonds is 10. The van der Waals surface area contributed by atoms with E-state index < -0.39 is 0 Å². The second kappa shape index (κ2) is 10.9. The number of ether oxygens (including phenoxy) is 3. The van der Waals surface area contributed by atoms with Gasteiger partial charge in [0.1, 0.15) is 0 Å². The Balaban J connectivity index is 3.21. The molecule has 0 aromatic carbocycles. The summed E-state index contributed by atoms with van der Waals surface area (Å²) < 4.78 is 16.1. The van der Waals surface area contributed by atoms with Crippen LogP contribution in [0, 0.1) is 0 Å². The Morgan fingerprint density at radius 1 is 1.07 bits per heavy atom. The normalized spacial score (nSPS) is 15.2. The van der Waals surface area contributed by atoms with Gasteiger partial charge in [-0.1, -0.05) is 15.9 Å². The van der Waals surface area contributed by atoms with E-state index in [2.05, 4.69) is 15.9 Å². The SMILES string of the molecule is COC(C)COCC(C)OCCCCBr. The molecule has 2 unspecified atom stereocenters. The predicted molar refractivity (Wildman–Crippen MR) is 65.7 cm³/mol. The van der Waals surface area contributed by atoms with Crippen molar-refractivity contribution in [1.29, 1.82) is 0 Å². The molecule has 0 radical (unpaired) electrons. The molecular formula is C11H23BrO3. The Kier molecular flexibility index (Phi) is 11.1. The van der Waals surface area contributed by atoms with Crippen LogP contribution in [0.2, 0.25) is 0 Å². The van der Waals surface area contributed by atoms with Crippen molar-refractivity contribution in [3.8, 4) is 0 Å². The van der Waals surface area contributed by atoms with Gasteiger partial charge in [0.2, 0.25) is 0 Å². The second-order valence-corrected chi connectivity index (χ2v) is 4.45. The van der Waals surface area contributed by atoms with Gasteiger partial charge < -0.3 is 14.2 Å². The highest BCUT2D eigenvalue weighted by molar-refractivity contribution is 9.09. The van der Waals surface area contributed by atoms with Gasteiger partial charge in [-0.2, -0.15) is 0 Å². The van der Waals surface area contributed by atoms with Crippen molar-refractivity contribution in [1.82, 2.24) is 0 Å². The quantitative estimate of drug-likeness (QED) is 0.455. The third-order valence-corrected chi connectivity index (χ3v) is 2.60. The minimum atomic E-state index is 0.158. The maximum absolute atomic E-state index is 5.57. The van der Waals surface area contributed by atoms with Crippen molar-refractivity contribution in [3.63, 3.8) is 0 Å². The number of halogens is 1. The maximum Gasteiger partial charge on any atom is 0.0780 e. The Morgan fingerprint density at radius 3 is 2.33 bits per heavy atom. The molecule has 0 aliphatic rings. The summed E-state index contributed by atoms with van der Waals surface area (Å²) in [4.78, 5) is 0. The van der Waals surface area contributed by atoms with E-state index in [1.54, 1.807) is 7.11 Å². The van der Waals surface area contributed by atoms with Crippen molar-refractivity contribution in [2.75, 3.05) is 32.3 Å². The molecule has 0 saturated heterocycles. The highest BCUT2D eigenvalue weighted by atomic mass is 79.9. The van der Waals surface area contributed by atoms with Crippen LogP contribution in [-0.4, -0.2) is 44.5 Å². The summed E-state index contributed by atoms with van der Waals surface area (Å²) >= 11 is 3.39. The van der Waals surface area contributed by atoms with E-state index in [-0.39, 0.29) is 12.2 Å². The summed E-state index contributed by atoms with van der Waals surface area (Å²) in [5.74, 6) is 0. The molecule has 0 aromatic heterocycles. The van der Waals surface area contributed by atoms with Gasteiger partial charge in [-0.05, 0) is 26.7 Å². The molecule has 92 valence electrons.